The average Bonchev–Trinajstić information content (AvgIpc) is 2.50. The van der Waals surface area contributed by atoms with Crippen molar-refractivity contribution in [3.05, 3.63) is 58.1 Å². The van der Waals surface area contributed by atoms with Crippen molar-refractivity contribution in [3.8, 4) is 11.8 Å². The molecular formula is C16H12Cl2N2O2. The number of hydrogen-bond acceptors (Lipinski definition) is 3. The second-order valence-electron chi connectivity index (χ2n) is 4.48. The highest BCUT2D eigenvalue weighted by molar-refractivity contribution is 6.35. The van der Waals surface area contributed by atoms with Gasteiger partial charge in [0.2, 0.25) is 0 Å². The Hall–Kier alpha value is -2.22. The van der Waals surface area contributed by atoms with Gasteiger partial charge in [0.25, 0.3) is 5.91 Å². The molecule has 0 aliphatic heterocycles. The summed E-state index contributed by atoms with van der Waals surface area (Å²) in [6.45, 7) is 1.59. The molecule has 0 aromatic heterocycles. The topological polar surface area (TPSA) is 62.1 Å². The van der Waals surface area contributed by atoms with E-state index in [1.807, 2.05) is 6.07 Å². The van der Waals surface area contributed by atoms with Crippen LogP contribution in [0.25, 0.3) is 0 Å². The minimum Gasteiger partial charge on any atom is -0.479 e. The first-order valence-electron chi connectivity index (χ1n) is 6.43. The van der Waals surface area contributed by atoms with Crippen LogP contribution in [0.4, 0.5) is 5.69 Å². The normalized spacial score (nSPS) is 11.4. The predicted octanol–water partition coefficient (Wildman–Crippen LogP) is 4.27. The molecule has 0 aliphatic rings. The molecule has 2 aromatic rings. The zero-order valence-corrected chi connectivity index (χ0v) is 13.2. The van der Waals surface area contributed by atoms with E-state index in [2.05, 4.69) is 5.32 Å². The standard InChI is InChI=1S/C16H12Cl2N2O2/c1-10(22-15-7-6-12(17)8-13(15)18)16(21)20-14-5-3-2-4-11(14)9-19/h2-8,10H,1H3,(H,20,21)/t10-/m1/s1. The fourth-order valence-corrected chi connectivity index (χ4v) is 2.19. The number of nitriles is 1. The van der Waals surface area contributed by atoms with Crippen LogP contribution in [0, 0.1) is 11.3 Å². The van der Waals surface area contributed by atoms with Gasteiger partial charge in [-0.1, -0.05) is 35.3 Å². The van der Waals surface area contributed by atoms with Gasteiger partial charge >= 0.3 is 0 Å². The van der Waals surface area contributed by atoms with E-state index < -0.39 is 6.10 Å². The molecule has 0 saturated carbocycles. The van der Waals surface area contributed by atoms with Crippen molar-refractivity contribution >= 4 is 34.8 Å². The highest BCUT2D eigenvalue weighted by Gasteiger charge is 2.17. The maximum absolute atomic E-state index is 12.1. The molecule has 0 bridgehead atoms. The highest BCUT2D eigenvalue weighted by atomic mass is 35.5. The van der Waals surface area contributed by atoms with Gasteiger partial charge in [-0.2, -0.15) is 5.26 Å². The Labute approximate surface area is 138 Å². The zero-order chi connectivity index (χ0) is 16.1. The van der Waals surface area contributed by atoms with Gasteiger partial charge in [0.1, 0.15) is 11.8 Å². The summed E-state index contributed by atoms with van der Waals surface area (Å²) in [7, 11) is 0. The van der Waals surface area contributed by atoms with Crippen LogP contribution in [0.2, 0.25) is 10.0 Å². The molecule has 0 heterocycles. The number of halogens is 2. The number of hydrogen-bond donors (Lipinski definition) is 1. The number of carbonyl (C=O) groups excluding carboxylic acids is 1. The summed E-state index contributed by atoms with van der Waals surface area (Å²) >= 11 is 11.8. The Morgan fingerprint density at radius 3 is 2.68 bits per heavy atom. The molecule has 22 heavy (non-hydrogen) atoms. The Morgan fingerprint density at radius 1 is 1.27 bits per heavy atom. The van der Waals surface area contributed by atoms with E-state index in [0.717, 1.165) is 0 Å². The molecule has 0 radical (unpaired) electrons. The predicted molar refractivity (Wildman–Crippen MR) is 86.3 cm³/mol. The van der Waals surface area contributed by atoms with Crippen molar-refractivity contribution in [1.29, 1.82) is 5.26 Å². The largest absolute Gasteiger partial charge is 0.479 e. The molecule has 4 nitrogen and oxygen atoms in total. The smallest absolute Gasteiger partial charge is 0.265 e. The lowest BCUT2D eigenvalue weighted by Crippen LogP contribution is -2.30. The van der Waals surface area contributed by atoms with E-state index in [1.54, 1.807) is 43.3 Å². The minimum absolute atomic E-state index is 0.324. The monoisotopic (exact) mass is 334 g/mol. The number of ether oxygens (including phenoxy) is 1. The first kappa shape index (κ1) is 16.2. The van der Waals surface area contributed by atoms with Crippen LogP contribution in [-0.2, 0) is 4.79 Å². The van der Waals surface area contributed by atoms with Crippen molar-refractivity contribution < 1.29 is 9.53 Å². The molecule has 0 unspecified atom stereocenters. The van der Waals surface area contributed by atoms with Crippen molar-refractivity contribution in [3.63, 3.8) is 0 Å². The maximum atomic E-state index is 12.1. The lowest BCUT2D eigenvalue weighted by molar-refractivity contribution is -0.122. The van der Waals surface area contributed by atoms with E-state index in [1.165, 1.54) is 6.07 Å². The molecule has 112 valence electrons. The van der Waals surface area contributed by atoms with Crippen LogP contribution in [0.3, 0.4) is 0 Å². The summed E-state index contributed by atoms with van der Waals surface area (Å²) < 4.78 is 5.52. The van der Waals surface area contributed by atoms with Gasteiger partial charge in [0, 0.05) is 5.02 Å². The number of amides is 1. The number of para-hydroxylation sites is 1. The molecule has 1 N–H and O–H groups in total. The van der Waals surface area contributed by atoms with E-state index in [0.29, 0.717) is 27.0 Å². The van der Waals surface area contributed by atoms with Gasteiger partial charge in [-0.05, 0) is 37.3 Å². The van der Waals surface area contributed by atoms with E-state index >= 15 is 0 Å². The summed E-state index contributed by atoms with van der Waals surface area (Å²) in [6, 6.07) is 13.5. The third-order valence-electron chi connectivity index (χ3n) is 2.87. The van der Waals surface area contributed by atoms with Crippen LogP contribution in [0.1, 0.15) is 12.5 Å². The molecular weight excluding hydrogens is 323 g/mol. The summed E-state index contributed by atoms with van der Waals surface area (Å²) in [5, 5.41) is 12.5. The van der Waals surface area contributed by atoms with Crippen LogP contribution in [0.15, 0.2) is 42.5 Å². The Bertz CT molecular complexity index is 741. The molecule has 2 rings (SSSR count). The first-order chi connectivity index (χ1) is 10.5. The molecule has 1 amide bonds. The fraction of sp³-hybridized carbons (Fsp3) is 0.125. The summed E-state index contributed by atoms with van der Waals surface area (Å²) in [4.78, 5) is 12.1. The van der Waals surface area contributed by atoms with E-state index in [4.69, 9.17) is 33.2 Å². The number of carbonyl (C=O) groups is 1. The number of nitrogens with zero attached hydrogens (tertiary/aromatic N) is 1. The van der Waals surface area contributed by atoms with Gasteiger partial charge in [0.15, 0.2) is 6.10 Å². The lowest BCUT2D eigenvalue weighted by Gasteiger charge is -2.16. The Morgan fingerprint density at radius 2 is 2.00 bits per heavy atom. The number of rotatable bonds is 4. The lowest BCUT2D eigenvalue weighted by atomic mass is 10.2. The van der Waals surface area contributed by atoms with E-state index in [9.17, 15) is 4.79 Å². The Balaban J connectivity index is 2.08. The van der Waals surface area contributed by atoms with E-state index in [-0.39, 0.29) is 5.91 Å². The molecule has 0 aliphatic carbocycles. The van der Waals surface area contributed by atoms with Crippen molar-refractivity contribution in [1.82, 2.24) is 0 Å². The number of anilines is 1. The summed E-state index contributed by atoms with van der Waals surface area (Å²) in [5.41, 5.74) is 0.820. The van der Waals surface area contributed by atoms with Crippen LogP contribution >= 0.6 is 23.2 Å². The summed E-state index contributed by atoms with van der Waals surface area (Å²) in [6.07, 6.45) is -0.787. The van der Waals surface area contributed by atoms with Crippen LogP contribution < -0.4 is 10.1 Å². The van der Waals surface area contributed by atoms with Crippen LogP contribution in [0.5, 0.6) is 5.75 Å². The maximum Gasteiger partial charge on any atom is 0.265 e. The second kappa shape index (κ2) is 7.17. The van der Waals surface area contributed by atoms with Gasteiger partial charge in [-0.25, -0.2) is 0 Å². The van der Waals surface area contributed by atoms with Gasteiger partial charge in [0.05, 0.1) is 16.3 Å². The van der Waals surface area contributed by atoms with Crippen molar-refractivity contribution in [2.75, 3.05) is 5.32 Å². The SMILES string of the molecule is C[C@@H](Oc1ccc(Cl)cc1Cl)C(=O)Nc1ccccc1C#N. The van der Waals surface area contributed by atoms with Gasteiger partial charge in [-0.15, -0.1) is 0 Å². The minimum atomic E-state index is -0.787. The quantitative estimate of drug-likeness (QED) is 0.907. The number of benzene rings is 2. The average molecular weight is 335 g/mol. The number of nitrogens with one attached hydrogen (secondary N) is 1. The highest BCUT2D eigenvalue weighted by Crippen LogP contribution is 2.28. The Kier molecular flexibility index (Phi) is 5.26. The van der Waals surface area contributed by atoms with Gasteiger partial charge < -0.3 is 10.1 Å². The van der Waals surface area contributed by atoms with Crippen molar-refractivity contribution in [2.24, 2.45) is 0 Å². The third-order valence-corrected chi connectivity index (χ3v) is 3.40. The van der Waals surface area contributed by atoms with Crippen LogP contribution in [-0.4, -0.2) is 12.0 Å². The third kappa shape index (κ3) is 3.91. The van der Waals surface area contributed by atoms with Gasteiger partial charge in [-0.3, -0.25) is 4.79 Å². The molecule has 6 heteroatoms. The molecule has 2 aromatic carbocycles. The first-order valence-corrected chi connectivity index (χ1v) is 7.18. The fourth-order valence-electron chi connectivity index (χ4n) is 1.74. The molecule has 0 fully saturated rings. The molecule has 1 atom stereocenters. The van der Waals surface area contributed by atoms with Crippen molar-refractivity contribution in [2.45, 2.75) is 13.0 Å². The summed E-state index contributed by atoms with van der Waals surface area (Å²) in [5.74, 6) is -0.0176. The molecule has 0 saturated heterocycles. The zero-order valence-electron chi connectivity index (χ0n) is 11.6. The second-order valence-corrected chi connectivity index (χ2v) is 5.33. The molecule has 0 spiro atoms.